The Balaban J connectivity index is 2.38. The molecule has 0 radical (unpaired) electrons. The van der Waals surface area contributed by atoms with E-state index < -0.39 is 5.03 Å². The number of nitrogens with zero attached hydrogens (tertiary/aromatic N) is 2. The molecule has 0 unspecified atom stereocenters. The molecule has 1 rings (SSSR count). The average Bonchev–Trinajstić information content (AvgIpc) is 2.05. The molecule has 0 heterocycles. The van der Waals surface area contributed by atoms with E-state index >= 15 is 0 Å². The number of hydroxylamine groups is 1. The van der Waals surface area contributed by atoms with Crippen molar-refractivity contribution in [1.82, 2.24) is 5.17 Å². The van der Waals surface area contributed by atoms with Crippen molar-refractivity contribution in [3.05, 3.63) is 10.1 Å². The molecule has 5 nitrogen and oxygen atoms in total. The summed E-state index contributed by atoms with van der Waals surface area (Å²) in [6.45, 7) is 0. The predicted octanol–water partition coefficient (Wildman–Crippen LogP) is 1.20. The number of hydrazine groups is 1. The summed E-state index contributed by atoms with van der Waals surface area (Å²) in [5.41, 5.74) is 0. The second kappa shape index (κ2) is 3.52. The van der Waals surface area contributed by atoms with Gasteiger partial charge in [0.1, 0.15) is 6.04 Å². The lowest BCUT2D eigenvalue weighted by Crippen LogP contribution is -2.38. The van der Waals surface area contributed by atoms with Gasteiger partial charge in [-0.3, -0.25) is 0 Å². The number of nitro groups is 1. The Kier molecular flexibility index (Phi) is 2.64. The van der Waals surface area contributed by atoms with Crippen LogP contribution in [0.15, 0.2) is 0 Å². The SMILES string of the molecule is O=[N+]([O-])N(O)C1CCCCC1. The van der Waals surface area contributed by atoms with Crippen LogP contribution in [0, 0.1) is 10.1 Å². The Morgan fingerprint density at radius 2 is 1.91 bits per heavy atom. The second-order valence-electron chi connectivity index (χ2n) is 2.85. The summed E-state index contributed by atoms with van der Waals surface area (Å²) in [6.07, 6.45) is 4.56. The van der Waals surface area contributed by atoms with Crippen LogP contribution >= 0.6 is 0 Å². The minimum absolute atomic E-state index is 0.249. The van der Waals surface area contributed by atoms with Crippen LogP contribution in [0.1, 0.15) is 32.1 Å². The van der Waals surface area contributed by atoms with Crippen LogP contribution in [0.2, 0.25) is 0 Å². The van der Waals surface area contributed by atoms with Gasteiger partial charge in [0.15, 0.2) is 5.03 Å². The Labute approximate surface area is 64.7 Å². The van der Waals surface area contributed by atoms with Crippen molar-refractivity contribution < 1.29 is 10.2 Å². The quantitative estimate of drug-likeness (QED) is 0.487. The molecule has 1 fully saturated rings. The lowest BCUT2D eigenvalue weighted by molar-refractivity contribution is -0.738. The fraction of sp³-hybridized carbons (Fsp3) is 1.00. The fourth-order valence-corrected chi connectivity index (χ4v) is 1.45. The highest BCUT2D eigenvalue weighted by Crippen LogP contribution is 2.20. The van der Waals surface area contributed by atoms with Crippen LogP contribution < -0.4 is 0 Å². The van der Waals surface area contributed by atoms with Gasteiger partial charge in [-0.15, -0.1) is 0 Å². The maximum absolute atomic E-state index is 10.1. The molecule has 0 aliphatic heterocycles. The maximum Gasteiger partial charge on any atom is 0.187 e. The standard InChI is InChI=1S/C6H12N2O3/c9-7(8(10)11)6-4-2-1-3-5-6/h6,9H,1-5H2. The van der Waals surface area contributed by atoms with Gasteiger partial charge in [-0.25, -0.2) is 15.3 Å². The molecule has 1 aliphatic carbocycles. The van der Waals surface area contributed by atoms with Gasteiger partial charge in [-0.05, 0) is 12.8 Å². The summed E-state index contributed by atoms with van der Waals surface area (Å²) in [6, 6.07) is -0.265. The van der Waals surface area contributed by atoms with Gasteiger partial charge in [0.25, 0.3) is 0 Å². The van der Waals surface area contributed by atoms with Gasteiger partial charge in [0.2, 0.25) is 0 Å². The second-order valence-corrected chi connectivity index (χ2v) is 2.85. The molecule has 0 aromatic rings. The lowest BCUT2D eigenvalue weighted by Gasteiger charge is -2.22. The van der Waals surface area contributed by atoms with Crippen molar-refractivity contribution >= 4 is 0 Å². The van der Waals surface area contributed by atoms with Gasteiger partial charge in [0.05, 0.1) is 0 Å². The third kappa shape index (κ3) is 2.04. The van der Waals surface area contributed by atoms with Crippen LogP contribution in [-0.2, 0) is 0 Å². The highest BCUT2D eigenvalue weighted by molar-refractivity contribution is 4.67. The molecule has 0 aromatic carbocycles. The van der Waals surface area contributed by atoms with E-state index in [1.54, 1.807) is 0 Å². The minimum Gasteiger partial charge on any atom is -0.236 e. The molecule has 1 saturated carbocycles. The van der Waals surface area contributed by atoms with Crippen LogP contribution in [0.4, 0.5) is 0 Å². The van der Waals surface area contributed by atoms with Gasteiger partial charge in [-0.2, -0.15) is 0 Å². The van der Waals surface area contributed by atoms with Gasteiger partial charge in [0, 0.05) is 5.17 Å². The van der Waals surface area contributed by atoms with Crippen LogP contribution in [-0.4, -0.2) is 21.5 Å². The summed E-state index contributed by atoms with van der Waals surface area (Å²) in [5.74, 6) is 0. The largest absolute Gasteiger partial charge is 0.236 e. The zero-order valence-corrected chi connectivity index (χ0v) is 6.27. The molecule has 0 bridgehead atoms. The summed E-state index contributed by atoms with van der Waals surface area (Å²) < 4.78 is 0. The Bertz CT molecular complexity index is 145. The van der Waals surface area contributed by atoms with Crippen molar-refractivity contribution in [2.75, 3.05) is 0 Å². The van der Waals surface area contributed by atoms with Gasteiger partial charge in [-0.1, -0.05) is 19.3 Å². The number of hydrogen-bond acceptors (Lipinski definition) is 3. The average molecular weight is 160 g/mol. The first-order valence-corrected chi connectivity index (χ1v) is 3.84. The number of hydrogen-bond donors (Lipinski definition) is 1. The zero-order valence-electron chi connectivity index (χ0n) is 6.27. The molecule has 64 valence electrons. The van der Waals surface area contributed by atoms with Gasteiger partial charge < -0.3 is 0 Å². The molecule has 0 atom stereocenters. The van der Waals surface area contributed by atoms with E-state index in [2.05, 4.69) is 0 Å². The first-order chi connectivity index (χ1) is 5.22. The Morgan fingerprint density at radius 3 is 2.36 bits per heavy atom. The summed E-state index contributed by atoms with van der Waals surface area (Å²) >= 11 is 0. The van der Waals surface area contributed by atoms with Gasteiger partial charge >= 0.3 is 0 Å². The van der Waals surface area contributed by atoms with E-state index in [0.29, 0.717) is 0 Å². The molecule has 0 aromatic heterocycles. The molecule has 0 spiro atoms. The van der Waals surface area contributed by atoms with Crippen molar-refractivity contribution in [2.24, 2.45) is 0 Å². The minimum atomic E-state index is -0.754. The highest BCUT2D eigenvalue weighted by atomic mass is 16.8. The van der Waals surface area contributed by atoms with Crippen LogP contribution in [0.5, 0.6) is 0 Å². The van der Waals surface area contributed by atoms with E-state index in [1.165, 1.54) is 0 Å². The zero-order chi connectivity index (χ0) is 8.27. The Hall–Kier alpha value is -0.840. The van der Waals surface area contributed by atoms with E-state index in [9.17, 15) is 10.1 Å². The van der Waals surface area contributed by atoms with Crippen molar-refractivity contribution in [3.63, 3.8) is 0 Å². The van der Waals surface area contributed by atoms with Crippen molar-refractivity contribution in [1.29, 1.82) is 0 Å². The predicted molar refractivity (Wildman–Crippen MR) is 37.5 cm³/mol. The third-order valence-electron chi connectivity index (χ3n) is 2.07. The topological polar surface area (TPSA) is 66.6 Å². The molecule has 5 heteroatoms. The maximum atomic E-state index is 10.1. The normalized spacial score (nSPS) is 19.7. The fourth-order valence-electron chi connectivity index (χ4n) is 1.45. The molecule has 1 aliphatic rings. The summed E-state index contributed by atoms with van der Waals surface area (Å²) in [7, 11) is 0. The highest BCUT2D eigenvalue weighted by Gasteiger charge is 2.26. The Morgan fingerprint density at radius 1 is 1.36 bits per heavy atom. The van der Waals surface area contributed by atoms with E-state index in [-0.39, 0.29) is 11.2 Å². The van der Waals surface area contributed by atoms with E-state index in [0.717, 1.165) is 32.1 Å². The molecule has 0 amide bonds. The molecule has 1 N–H and O–H groups in total. The summed E-state index contributed by atoms with van der Waals surface area (Å²) in [4.78, 5) is 10.1. The first kappa shape index (κ1) is 8.26. The molecular weight excluding hydrogens is 148 g/mol. The molecule has 0 saturated heterocycles. The molecular formula is C6H12N2O3. The number of rotatable bonds is 2. The lowest BCUT2D eigenvalue weighted by atomic mass is 9.96. The third-order valence-corrected chi connectivity index (χ3v) is 2.07. The van der Waals surface area contributed by atoms with Crippen molar-refractivity contribution in [2.45, 2.75) is 38.1 Å². The van der Waals surface area contributed by atoms with Crippen molar-refractivity contribution in [3.8, 4) is 0 Å². The smallest absolute Gasteiger partial charge is 0.187 e. The van der Waals surface area contributed by atoms with E-state index in [4.69, 9.17) is 5.21 Å². The monoisotopic (exact) mass is 160 g/mol. The summed E-state index contributed by atoms with van der Waals surface area (Å²) in [5, 5.41) is 18.5. The van der Waals surface area contributed by atoms with Crippen LogP contribution in [0.25, 0.3) is 0 Å². The molecule has 11 heavy (non-hydrogen) atoms. The van der Waals surface area contributed by atoms with Crippen LogP contribution in [0.3, 0.4) is 0 Å². The van der Waals surface area contributed by atoms with E-state index in [1.807, 2.05) is 0 Å². The first-order valence-electron chi connectivity index (χ1n) is 3.84.